The number of halogens is 1. The molecule has 0 amide bonds. The fourth-order valence-corrected chi connectivity index (χ4v) is 4.32. The van der Waals surface area contributed by atoms with Crippen LogP contribution >= 0.6 is 11.8 Å². The number of benzene rings is 1. The molecule has 6 heteroatoms. The Morgan fingerprint density at radius 3 is 3.14 bits per heavy atom. The van der Waals surface area contributed by atoms with Gasteiger partial charge in [0.1, 0.15) is 11.6 Å². The molecule has 0 unspecified atom stereocenters. The molecule has 0 saturated heterocycles. The van der Waals surface area contributed by atoms with E-state index in [1.165, 1.54) is 31.7 Å². The van der Waals surface area contributed by atoms with Crippen LogP contribution in [0, 0.1) is 5.82 Å². The van der Waals surface area contributed by atoms with Gasteiger partial charge >= 0.3 is 0 Å². The fraction of sp³-hybridized carbons (Fsp3) is 0.562. The summed E-state index contributed by atoms with van der Waals surface area (Å²) >= 11 is 1.64. The third-order valence-electron chi connectivity index (χ3n) is 4.44. The Kier molecular flexibility index (Phi) is 3.96. The second-order valence-corrected chi connectivity index (χ2v) is 6.95. The van der Waals surface area contributed by atoms with E-state index in [1.807, 2.05) is 0 Å². The molecule has 1 aromatic carbocycles. The number of aliphatic imine (C=N–C) groups is 1. The Bertz CT molecular complexity index is 608. The second kappa shape index (κ2) is 6.08. The van der Waals surface area contributed by atoms with Crippen LogP contribution in [-0.2, 0) is 17.1 Å². The van der Waals surface area contributed by atoms with E-state index in [2.05, 4.69) is 5.32 Å². The number of ether oxygens (including phenoxy) is 2. The van der Waals surface area contributed by atoms with Crippen molar-refractivity contribution in [2.24, 2.45) is 4.99 Å². The summed E-state index contributed by atoms with van der Waals surface area (Å²) < 4.78 is 24.5. The van der Waals surface area contributed by atoms with Gasteiger partial charge in [-0.25, -0.2) is 4.39 Å². The van der Waals surface area contributed by atoms with Gasteiger partial charge in [0, 0.05) is 16.9 Å². The number of amidine groups is 1. The van der Waals surface area contributed by atoms with Gasteiger partial charge in [-0.1, -0.05) is 24.6 Å². The molecule has 118 valence electrons. The van der Waals surface area contributed by atoms with Gasteiger partial charge in [-0.2, -0.15) is 0 Å². The normalized spacial score (nSPS) is 26.5. The van der Waals surface area contributed by atoms with Gasteiger partial charge in [0.15, 0.2) is 12.0 Å². The van der Waals surface area contributed by atoms with E-state index in [0.29, 0.717) is 24.4 Å². The molecule has 4 nitrogen and oxygen atoms in total. The van der Waals surface area contributed by atoms with Crippen LogP contribution in [0.15, 0.2) is 17.1 Å². The molecule has 22 heavy (non-hydrogen) atoms. The summed E-state index contributed by atoms with van der Waals surface area (Å²) in [6.45, 7) is 0.647. The zero-order valence-electron chi connectivity index (χ0n) is 12.3. The number of nitrogens with zero attached hydrogens (tertiary/aromatic N) is 1. The molecular weight excluding hydrogens is 303 g/mol. The Morgan fingerprint density at radius 1 is 1.32 bits per heavy atom. The first-order chi connectivity index (χ1) is 10.8. The first-order valence-corrected chi connectivity index (χ1v) is 8.77. The van der Waals surface area contributed by atoms with Crippen molar-refractivity contribution in [2.45, 2.75) is 50.1 Å². The van der Waals surface area contributed by atoms with Crippen molar-refractivity contribution in [1.82, 2.24) is 5.32 Å². The van der Waals surface area contributed by atoms with E-state index < -0.39 is 0 Å². The van der Waals surface area contributed by atoms with E-state index in [9.17, 15) is 4.39 Å². The lowest BCUT2D eigenvalue weighted by Gasteiger charge is -2.23. The molecule has 2 heterocycles. The fourth-order valence-electron chi connectivity index (χ4n) is 3.37. The zero-order valence-corrected chi connectivity index (χ0v) is 13.1. The molecule has 1 N–H and O–H groups in total. The predicted octanol–water partition coefficient (Wildman–Crippen LogP) is 3.20. The van der Waals surface area contributed by atoms with Crippen LogP contribution in [0.25, 0.3) is 0 Å². The Balaban J connectivity index is 1.47. The van der Waals surface area contributed by atoms with Gasteiger partial charge in [0.25, 0.3) is 0 Å². The standard InChI is InChI=1S/C16H19FN2O2S/c17-12-5-10-7-20-9-21-15(10)11(6-12)8-22-16-18-13-3-1-2-4-14(13)19-16/h5-6,13-14H,1-4,7-9H2,(H,18,19)/t13-,14+. The van der Waals surface area contributed by atoms with E-state index in [4.69, 9.17) is 14.5 Å². The Morgan fingerprint density at radius 2 is 2.23 bits per heavy atom. The molecule has 3 aliphatic rings. The highest BCUT2D eigenvalue weighted by Crippen LogP contribution is 2.33. The maximum absolute atomic E-state index is 13.7. The molecule has 0 bridgehead atoms. The molecule has 0 radical (unpaired) electrons. The van der Waals surface area contributed by atoms with Gasteiger partial charge in [0.05, 0.1) is 18.7 Å². The molecular formula is C16H19FN2O2S. The van der Waals surface area contributed by atoms with Crippen molar-refractivity contribution in [3.8, 4) is 5.75 Å². The molecule has 2 aliphatic heterocycles. The van der Waals surface area contributed by atoms with Crippen LogP contribution in [0.5, 0.6) is 5.75 Å². The second-order valence-electron chi connectivity index (χ2n) is 5.99. The number of thioether (sulfide) groups is 1. The summed E-state index contributed by atoms with van der Waals surface area (Å²) in [7, 11) is 0. The molecule has 0 aromatic heterocycles. The minimum Gasteiger partial charge on any atom is -0.467 e. The van der Waals surface area contributed by atoms with Gasteiger partial charge in [-0.15, -0.1) is 0 Å². The van der Waals surface area contributed by atoms with Crippen molar-refractivity contribution in [3.63, 3.8) is 0 Å². The largest absolute Gasteiger partial charge is 0.467 e. The molecule has 2 atom stereocenters. The lowest BCUT2D eigenvalue weighted by Crippen LogP contribution is -2.36. The summed E-state index contributed by atoms with van der Waals surface area (Å²) in [5, 5.41) is 4.50. The maximum atomic E-state index is 13.7. The summed E-state index contributed by atoms with van der Waals surface area (Å²) in [5.74, 6) is 1.19. The van der Waals surface area contributed by atoms with E-state index in [1.54, 1.807) is 17.8 Å². The lowest BCUT2D eigenvalue weighted by molar-refractivity contribution is -0.0171. The minimum atomic E-state index is -0.238. The van der Waals surface area contributed by atoms with Crippen LogP contribution in [0.1, 0.15) is 36.8 Å². The number of hydrogen-bond acceptors (Lipinski definition) is 5. The smallest absolute Gasteiger partial charge is 0.189 e. The SMILES string of the molecule is Fc1cc2c(c(CSC3=N[C@H]4CCCC[C@H]4N3)c1)OCOC2. The quantitative estimate of drug-likeness (QED) is 0.908. The topological polar surface area (TPSA) is 42.9 Å². The van der Waals surface area contributed by atoms with Crippen molar-refractivity contribution < 1.29 is 13.9 Å². The van der Waals surface area contributed by atoms with E-state index in [-0.39, 0.29) is 12.6 Å². The minimum absolute atomic E-state index is 0.236. The van der Waals surface area contributed by atoms with Gasteiger partial charge in [-0.3, -0.25) is 4.99 Å². The van der Waals surface area contributed by atoms with Crippen molar-refractivity contribution in [2.75, 3.05) is 6.79 Å². The average molecular weight is 322 g/mol. The zero-order chi connectivity index (χ0) is 14.9. The molecule has 1 aromatic rings. The van der Waals surface area contributed by atoms with Gasteiger partial charge in [0.2, 0.25) is 0 Å². The molecule has 4 rings (SSSR count). The van der Waals surface area contributed by atoms with Crippen molar-refractivity contribution in [1.29, 1.82) is 0 Å². The van der Waals surface area contributed by atoms with Crippen molar-refractivity contribution in [3.05, 3.63) is 29.1 Å². The summed E-state index contributed by atoms with van der Waals surface area (Å²) in [6.07, 6.45) is 4.94. The monoisotopic (exact) mass is 322 g/mol. The molecule has 1 saturated carbocycles. The summed E-state index contributed by atoms with van der Waals surface area (Å²) in [5.41, 5.74) is 1.67. The van der Waals surface area contributed by atoms with Crippen LogP contribution in [0.3, 0.4) is 0 Å². The van der Waals surface area contributed by atoms with Crippen LogP contribution < -0.4 is 10.1 Å². The van der Waals surface area contributed by atoms with Crippen LogP contribution in [-0.4, -0.2) is 24.0 Å². The number of nitrogens with one attached hydrogen (secondary N) is 1. The first-order valence-electron chi connectivity index (χ1n) is 7.78. The van der Waals surface area contributed by atoms with E-state index in [0.717, 1.165) is 22.0 Å². The van der Waals surface area contributed by atoms with Crippen molar-refractivity contribution >= 4 is 16.9 Å². The highest BCUT2D eigenvalue weighted by Gasteiger charge is 2.31. The van der Waals surface area contributed by atoms with Crippen LogP contribution in [0.4, 0.5) is 4.39 Å². The maximum Gasteiger partial charge on any atom is 0.189 e. The Hall–Kier alpha value is -1.27. The number of hydrogen-bond donors (Lipinski definition) is 1. The molecule has 1 aliphatic carbocycles. The third-order valence-corrected chi connectivity index (χ3v) is 5.39. The van der Waals surface area contributed by atoms with Gasteiger partial charge in [-0.05, 0) is 25.0 Å². The average Bonchev–Trinajstić information content (AvgIpc) is 2.95. The van der Waals surface area contributed by atoms with E-state index >= 15 is 0 Å². The summed E-state index contributed by atoms with van der Waals surface area (Å²) in [4.78, 5) is 4.77. The Labute approximate surface area is 133 Å². The first kappa shape index (κ1) is 14.3. The number of fused-ring (bicyclic) bond motifs is 2. The summed E-state index contributed by atoms with van der Waals surface area (Å²) in [6, 6.07) is 3.98. The predicted molar refractivity (Wildman–Crippen MR) is 84.6 cm³/mol. The highest BCUT2D eigenvalue weighted by molar-refractivity contribution is 8.13. The van der Waals surface area contributed by atoms with Gasteiger partial charge < -0.3 is 14.8 Å². The highest BCUT2D eigenvalue weighted by atomic mass is 32.2. The van der Waals surface area contributed by atoms with Crippen LogP contribution in [0.2, 0.25) is 0 Å². The number of rotatable bonds is 2. The lowest BCUT2D eigenvalue weighted by atomic mass is 9.92. The molecule has 1 fully saturated rings. The third kappa shape index (κ3) is 2.82. The molecule has 0 spiro atoms.